The van der Waals surface area contributed by atoms with Gasteiger partial charge in [0.05, 0.1) is 0 Å². The summed E-state index contributed by atoms with van der Waals surface area (Å²) < 4.78 is 5.37. The quantitative estimate of drug-likeness (QED) is 0.497. The lowest BCUT2D eigenvalue weighted by Crippen LogP contribution is -2.44. The molecule has 0 unspecified atom stereocenters. The van der Waals surface area contributed by atoms with Crippen LogP contribution in [0.3, 0.4) is 0 Å². The number of fused-ring (bicyclic) bond motifs is 1. The van der Waals surface area contributed by atoms with Gasteiger partial charge in [0.25, 0.3) is 5.91 Å². The number of benzene rings is 1. The fourth-order valence-corrected chi connectivity index (χ4v) is 3.74. The second-order valence-corrected chi connectivity index (χ2v) is 8.34. The third-order valence-electron chi connectivity index (χ3n) is 5.79. The van der Waals surface area contributed by atoms with Crippen molar-refractivity contribution in [3.8, 4) is 5.75 Å². The molecule has 174 valence electrons. The number of hydrogen-bond acceptors (Lipinski definition) is 9. The van der Waals surface area contributed by atoms with E-state index in [0.29, 0.717) is 29.2 Å². The highest BCUT2D eigenvalue weighted by Crippen LogP contribution is 2.31. The van der Waals surface area contributed by atoms with Crippen LogP contribution in [0, 0.1) is 6.92 Å². The molecule has 3 aromatic rings. The summed E-state index contributed by atoms with van der Waals surface area (Å²) in [6.45, 7) is 9.67. The van der Waals surface area contributed by atoms with Gasteiger partial charge in [-0.25, -0.2) is 9.97 Å². The minimum Gasteiger partial charge on any atom is -0.448 e. The molecule has 3 N–H and O–H groups in total. The molecule has 0 saturated carbocycles. The number of ether oxygens (including phenoxy) is 1. The molecule has 5 rings (SSSR count). The number of nitrogens with one attached hydrogen (secondary N) is 3. The van der Waals surface area contributed by atoms with Crippen molar-refractivity contribution in [2.45, 2.75) is 6.92 Å². The van der Waals surface area contributed by atoms with Crippen LogP contribution in [-0.4, -0.2) is 59.0 Å². The van der Waals surface area contributed by atoms with E-state index in [4.69, 9.17) is 4.74 Å². The monoisotopic (exact) mass is 458 g/mol. The highest BCUT2D eigenvalue weighted by Gasteiger charge is 2.22. The van der Waals surface area contributed by atoms with Crippen molar-refractivity contribution in [3.05, 3.63) is 60.5 Å². The first-order chi connectivity index (χ1) is 16.4. The number of likely N-dealkylation sites (N-methyl/N-ethyl adjacent to an activating group) is 1. The van der Waals surface area contributed by atoms with Crippen LogP contribution in [-0.2, 0) is 4.79 Å². The number of carbonyl (C=O) groups is 1. The van der Waals surface area contributed by atoms with Gasteiger partial charge < -0.3 is 30.5 Å². The fraction of sp³-hybridized carbons (Fsp3) is 0.250. The van der Waals surface area contributed by atoms with Gasteiger partial charge >= 0.3 is 0 Å². The molecule has 1 fully saturated rings. The first kappa shape index (κ1) is 21.7. The Hall–Kier alpha value is -4.18. The lowest BCUT2D eigenvalue weighted by Gasteiger charge is -2.34. The maximum Gasteiger partial charge on any atom is 0.292 e. The second kappa shape index (κ2) is 8.99. The van der Waals surface area contributed by atoms with E-state index in [1.807, 2.05) is 19.1 Å². The van der Waals surface area contributed by atoms with Gasteiger partial charge in [-0.05, 0) is 50.4 Å². The molecule has 10 nitrogen and oxygen atoms in total. The Balaban J connectivity index is 1.28. The number of rotatable bonds is 5. The molecule has 2 aliphatic heterocycles. The summed E-state index contributed by atoms with van der Waals surface area (Å²) in [7, 11) is 2.15. The molecule has 4 heterocycles. The van der Waals surface area contributed by atoms with E-state index < -0.39 is 5.91 Å². The number of amides is 1. The lowest BCUT2D eigenvalue weighted by atomic mass is 10.2. The summed E-state index contributed by atoms with van der Waals surface area (Å²) >= 11 is 0. The highest BCUT2D eigenvalue weighted by atomic mass is 16.5. The zero-order valence-electron chi connectivity index (χ0n) is 19.1. The van der Waals surface area contributed by atoms with Crippen LogP contribution < -0.4 is 25.6 Å². The molecule has 2 aliphatic rings. The first-order valence-electron chi connectivity index (χ1n) is 11.0. The molecular formula is C24H26N8O2. The number of pyridine rings is 1. The smallest absolute Gasteiger partial charge is 0.292 e. The SMILES string of the molecule is C=C1Oc2ccc(Nc3nc(Nc4ccc(N5CCN(C)CC5)cc4)ncc3C)nc2NC1=O. The van der Waals surface area contributed by atoms with E-state index in [1.54, 1.807) is 18.3 Å². The Morgan fingerprint density at radius 3 is 2.56 bits per heavy atom. The molecule has 1 aromatic carbocycles. The zero-order valence-corrected chi connectivity index (χ0v) is 19.1. The van der Waals surface area contributed by atoms with Crippen LogP contribution in [0.5, 0.6) is 5.75 Å². The molecule has 0 aliphatic carbocycles. The molecule has 10 heteroatoms. The van der Waals surface area contributed by atoms with Gasteiger partial charge in [-0.1, -0.05) is 6.58 Å². The van der Waals surface area contributed by atoms with Crippen molar-refractivity contribution in [1.82, 2.24) is 19.9 Å². The number of hydrogen-bond donors (Lipinski definition) is 3. The number of piperazine rings is 1. The minimum atomic E-state index is -0.416. The van der Waals surface area contributed by atoms with Crippen molar-refractivity contribution in [3.63, 3.8) is 0 Å². The van der Waals surface area contributed by atoms with Gasteiger partial charge in [-0.2, -0.15) is 4.98 Å². The lowest BCUT2D eigenvalue weighted by molar-refractivity contribution is -0.115. The predicted octanol–water partition coefficient (Wildman–Crippen LogP) is 3.26. The Kier molecular flexibility index (Phi) is 5.72. The van der Waals surface area contributed by atoms with Crippen LogP contribution in [0.2, 0.25) is 0 Å². The van der Waals surface area contributed by atoms with Gasteiger partial charge in [0.1, 0.15) is 11.6 Å². The number of carbonyl (C=O) groups excluding carboxylic acids is 1. The summed E-state index contributed by atoms with van der Waals surface area (Å²) in [5.74, 6) is 1.97. The Morgan fingerprint density at radius 2 is 1.79 bits per heavy atom. The summed E-state index contributed by atoms with van der Waals surface area (Å²) in [5.41, 5.74) is 2.97. The summed E-state index contributed by atoms with van der Waals surface area (Å²) in [4.78, 5) is 29.9. The van der Waals surface area contributed by atoms with Crippen LogP contribution in [0.1, 0.15) is 5.56 Å². The Morgan fingerprint density at radius 1 is 1.03 bits per heavy atom. The molecule has 0 atom stereocenters. The van der Waals surface area contributed by atoms with E-state index in [9.17, 15) is 4.79 Å². The second-order valence-electron chi connectivity index (χ2n) is 8.34. The average molecular weight is 459 g/mol. The Bertz CT molecular complexity index is 1240. The summed E-state index contributed by atoms with van der Waals surface area (Å²) in [6.07, 6.45) is 1.74. The zero-order chi connectivity index (χ0) is 23.7. The van der Waals surface area contributed by atoms with Gasteiger partial charge in [-0.15, -0.1) is 0 Å². The number of nitrogens with zero attached hydrogens (tertiary/aromatic N) is 5. The van der Waals surface area contributed by atoms with E-state index >= 15 is 0 Å². The average Bonchev–Trinajstić information content (AvgIpc) is 2.83. The third kappa shape index (κ3) is 4.62. The van der Waals surface area contributed by atoms with Crippen LogP contribution in [0.25, 0.3) is 0 Å². The molecule has 0 radical (unpaired) electrons. The highest BCUT2D eigenvalue weighted by molar-refractivity contribution is 6.04. The molecular weight excluding hydrogens is 432 g/mol. The van der Waals surface area contributed by atoms with E-state index in [0.717, 1.165) is 37.4 Å². The van der Waals surface area contributed by atoms with Crippen LogP contribution >= 0.6 is 0 Å². The third-order valence-corrected chi connectivity index (χ3v) is 5.79. The topological polar surface area (TPSA) is 108 Å². The van der Waals surface area contributed by atoms with Crippen LogP contribution in [0.15, 0.2) is 54.9 Å². The molecule has 1 saturated heterocycles. The Labute approximate surface area is 197 Å². The van der Waals surface area contributed by atoms with E-state index in [-0.39, 0.29) is 5.76 Å². The largest absolute Gasteiger partial charge is 0.448 e. The molecule has 0 spiro atoms. The molecule has 2 aromatic heterocycles. The normalized spacial score (nSPS) is 15.9. The minimum absolute atomic E-state index is 0.0361. The first-order valence-corrected chi connectivity index (χ1v) is 11.0. The van der Waals surface area contributed by atoms with Crippen molar-refractivity contribution in [1.29, 1.82) is 0 Å². The summed E-state index contributed by atoms with van der Waals surface area (Å²) in [5, 5.41) is 9.11. The van der Waals surface area contributed by atoms with Crippen molar-refractivity contribution in [2.75, 3.05) is 54.1 Å². The maximum absolute atomic E-state index is 11.8. The van der Waals surface area contributed by atoms with Gasteiger partial charge in [0.15, 0.2) is 17.3 Å². The van der Waals surface area contributed by atoms with Crippen molar-refractivity contribution < 1.29 is 9.53 Å². The molecule has 0 bridgehead atoms. The van der Waals surface area contributed by atoms with Gasteiger partial charge in [0, 0.05) is 49.3 Å². The molecule has 1 amide bonds. The van der Waals surface area contributed by atoms with E-state index in [2.05, 4.69) is 66.5 Å². The van der Waals surface area contributed by atoms with Crippen molar-refractivity contribution in [2.24, 2.45) is 0 Å². The summed E-state index contributed by atoms with van der Waals surface area (Å²) in [6, 6.07) is 11.8. The van der Waals surface area contributed by atoms with Crippen molar-refractivity contribution >= 4 is 40.7 Å². The predicted molar refractivity (Wildman–Crippen MR) is 132 cm³/mol. The maximum atomic E-state index is 11.8. The molecule has 34 heavy (non-hydrogen) atoms. The van der Waals surface area contributed by atoms with Gasteiger partial charge in [-0.3, -0.25) is 4.79 Å². The van der Waals surface area contributed by atoms with Crippen LogP contribution in [0.4, 0.5) is 34.8 Å². The standard InChI is InChI=1S/C24H26N8O2/c1-15-14-25-24(26-17-4-6-18(7-5-17)32-12-10-31(3)11-13-32)30-21(15)27-20-9-8-19-22(28-20)29-23(33)16(2)34-19/h4-9,14H,2,10-13H2,1,3H3,(H3,25,26,27,28,29,30,33). The fourth-order valence-electron chi connectivity index (χ4n) is 3.74. The number of anilines is 6. The van der Waals surface area contributed by atoms with E-state index in [1.165, 1.54) is 5.69 Å². The number of aromatic nitrogens is 3. The van der Waals surface area contributed by atoms with Gasteiger partial charge in [0.2, 0.25) is 5.95 Å². The number of aryl methyl sites for hydroxylation is 1.